The van der Waals surface area contributed by atoms with E-state index in [9.17, 15) is 14.0 Å². The third-order valence-corrected chi connectivity index (χ3v) is 5.01. The van der Waals surface area contributed by atoms with Gasteiger partial charge in [0.15, 0.2) is 6.61 Å². The van der Waals surface area contributed by atoms with Gasteiger partial charge < -0.3 is 15.0 Å². The average molecular weight is 399 g/mol. The van der Waals surface area contributed by atoms with Gasteiger partial charge >= 0.3 is 0 Å². The Hall–Kier alpha value is -2.93. The number of ether oxygens (including phenoxy) is 1. The first-order chi connectivity index (χ1) is 13.9. The average Bonchev–Trinajstić information content (AvgIpc) is 2.71. The van der Waals surface area contributed by atoms with Crippen LogP contribution >= 0.6 is 0 Å². The number of piperazine rings is 1. The second kappa shape index (κ2) is 9.52. The maximum atomic E-state index is 12.9. The zero-order chi connectivity index (χ0) is 20.8. The molecule has 154 valence electrons. The highest BCUT2D eigenvalue weighted by molar-refractivity contribution is 5.93. The van der Waals surface area contributed by atoms with E-state index in [-0.39, 0.29) is 24.2 Å². The predicted molar refractivity (Wildman–Crippen MR) is 109 cm³/mol. The minimum absolute atomic E-state index is 0.0539. The zero-order valence-corrected chi connectivity index (χ0v) is 16.8. The van der Waals surface area contributed by atoms with Gasteiger partial charge in [-0.2, -0.15) is 0 Å². The molecule has 0 bridgehead atoms. The van der Waals surface area contributed by atoms with Gasteiger partial charge in [0, 0.05) is 31.9 Å². The van der Waals surface area contributed by atoms with Gasteiger partial charge in [0.25, 0.3) is 5.91 Å². The van der Waals surface area contributed by atoms with Crippen molar-refractivity contribution in [2.45, 2.75) is 13.8 Å². The van der Waals surface area contributed by atoms with Crippen LogP contribution in [-0.2, 0) is 9.59 Å². The molecule has 2 aromatic rings. The minimum atomic E-state index is -0.346. The number of para-hydroxylation sites is 1. The number of nitrogens with one attached hydrogen (secondary N) is 1. The molecule has 1 aliphatic rings. The molecule has 7 heteroatoms. The molecule has 0 aliphatic carbocycles. The highest BCUT2D eigenvalue weighted by Crippen LogP contribution is 2.19. The zero-order valence-electron chi connectivity index (χ0n) is 16.8. The summed E-state index contributed by atoms with van der Waals surface area (Å²) >= 11 is 0. The van der Waals surface area contributed by atoms with E-state index >= 15 is 0 Å². The Labute approximate surface area is 170 Å². The molecule has 6 nitrogen and oxygen atoms in total. The van der Waals surface area contributed by atoms with E-state index in [4.69, 9.17) is 4.74 Å². The minimum Gasteiger partial charge on any atom is -0.484 e. The van der Waals surface area contributed by atoms with E-state index in [1.54, 1.807) is 4.90 Å². The lowest BCUT2D eigenvalue weighted by Crippen LogP contribution is -2.51. The van der Waals surface area contributed by atoms with Gasteiger partial charge in [0.1, 0.15) is 11.6 Å². The van der Waals surface area contributed by atoms with E-state index in [1.165, 1.54) is 24.3 Å². The monoisotopic (exact) mass is 399 g/mol. The lowest BCUT2D eigenvalue weighted by Gasteiger charge is -2.34. The number of hydrogen-bond donors (Lipinski definition) is 1. The first-order valence-electron chi connectivity index (χ1n) is 9.67. The van der Waals surface area contributed by atoms with Crippen molar-refractivity contribution in [3.8, 4) is 5.75 Å². The summed E-state index contributed by atoms with van der Waals surface area (Å²) in [5.74, 6) is -0.0567. The lowest BCUT2D eigenvalue weighted by atomic mass is 10.1. The van der Waals surface area contributed by atoms with E-state index in [1.807, 2.05) is 36.9 Å². The Kier molecular flexibility index (Phi) is 6.82. The van der Waals surface area contributed by atoms with Crippen LogP contribution in [0.1, 0.15) is 11.1 Å². The van der Waals surface area contributed by atoms with Gasteiger partial charge in [0.2, 0.25) is 5.91 Å². The molecule has 0 saturated carbocycles. The Bertz CT molecular complexity index is 842. The summed E-state index contributed by atoms with van der Waals surface area (Å²) < 4.78 is 18.3. The summed E-state index contributed by atoms with van der Waals surface area (Å²) in [5.41, 5.74) is 2.94. The van der Waals surface area contributed by atoms with Crippen LogP contribution in [0.2, 0.25) is 0 Å². The van der Waals surface area contributed by atoms with Crippen LogP contribution in [0, 0.1) is 19.7 Å². The quantitative estimate of drug-likeness (QED) is 0.811. The largest absolute Gasteiger partial charge is 0.484 e. The molecule has 0 spiro atoms. The highest BCUT2D eigenvalue weighted by Gasteiger charge is 2.23. The summed E-state index contributed by atoms with van der Waals surface area (Å²) in [5, 5.41) is 2.99. The molecule has 2 aromatic carbocycles. The normalized spacial score (nSPS) is 14.5. The van der Waals surface area contributed by atoms with Crippen molar-refractivity contribution in [2.24, 2.45) is 0 Å². The van der Waals surface area contributed by atoms with Crippen LogP contribution < -0.4 is 10.1 Å². The van der Waals surface area contributed by atoms with E-state index in [2.05, 4.69) is 5.32 Å². The molecular weight excluding hydrogens is 373 g/mol. The van der Waals surface area contributed by atoms with Crippen molar-refractivity contribution in [1.29, 1.82) is 0 Å². The van der Waals surface area contributed by atoms with Crippen molar-refractivity contribution in [2.75, 3.05) is 44.6 Å². The van der Waals surface area contributed by atoms with Gasteiger partial charge in [-0.1, -0.05) is 18.2 Å². The molecule has 0 unspecified atom stereocenters. The Morgan fingerprint density at radius 3 is 2.24 bits per heavy atom. The second-order valence-corrected chi connectivity index (χ2v) is 7.21. The molecular formula is C22H26FN3O3. The van der Waals surface area contributed by atoms with Gasteiger partial charge in [0.05, 0.1) is 6.54 Å². The van der Waals surface area contributed by atoms with Gasteiger partial charge in [-0.15, -0.1) is 0 Å². The molecule has 1 heterocycles. The third-order valence-electron chi connectivity index (χ3n) is 5.01. The maximum absolute atomic E-state index is 12.9. The summed E-state index contributed by atoms with van der Waals surface area (Å²) in [6, 6.07) is 11.5. The molecule has 0 atom stereocenters. The van der Waals surface area contributed by atoms with E-state index in [0.717, 1.165) is 16.8 Å². The summed E-state index contributed by atoms with van der Waals surface area (Å²) in [4.78, 5) is 28.5. The Morgan fingerprint density at radius 2 is 1.62 bits per heavy atom. The molecule has 0 radical (unpaired) electrons. The van der Waals surface area contributed by atoms with E-state index < -0.39 is 0 Å². The molecule has 1 N–H and O–H groups in total. The fourth-order valence-corrected chi connectivity index (χ4v) is 3.32. The standard InChI is InChI=1S/C22H26FN3O3/c1-16-4-3-5-17(2)22(16)24-20(27)14-25-10-12-26(13-11-25)21(28)15-29-19-8-6-18(23)7-9-19/h3-9H,10-15H2,1-2H3,(H,24,27). The van der Waals surface area contributed by atoms with E-state index in [0.29, 0.717) is 38.5 Å². The number of nitrogens with zero attached hydrogens (tertiary/aromatic N) is 2. The lowest BCUT2D eigenvalue weighted by molar-refractivity contribution is -0.135. The number of aryl methyl sites for hydroxylation is 2. The highest BCUT2D eigenvalue weighted by atomic mass is 19.1. The van der Waals surface area contributed by atoms with Gasteiger partial charge in [-0.05, 0) is 49.2 Å². The number of anilines is 1. The Balaban J connectivity index is 1.42. The molecule has 1 fully saturated rings. The van der Waals surface area contributed by atoms with Crippen LogP contribution in [0.4, 0.5) is 10.1 Å². The first kappa shape index (κ1) is 20.8. The van der Waals surface area contributed by atoms with Gasteiger partial charge in [-0.25, -0.2) is 4.39 Å². The third kappa shape index (κ3) is 5.77. The molecule has 29 heavy (non-hydrogen) atoms. The predicted octanol–water partition coefficient (Wildman–Crippen LogP) is 2.60. The molecule has 2 amide bonds. The number of hydrogen-bond acceptors (Lipinski definition) is 4. The van der Waals surface area contributed by atoms with Crippen molar-refractivity contribution >= 4 is 17.5 Å². The fraction of sp³-hybridized carbons (Fsp3) is 0.364. The van der Waals surface area contributed by atoms with Crippen LogP contribution in [0.25, 0.3) is 0 Å². The van der Waals surface area contributed by atoms with Crippen LogP contribution in [0.3, 0.4) is 0 Å². The number of benzene rings is 2. The number of carbonyl (C=O) groups is 2. The topological polar surface area (TPSA) is 61.9 Å². The van der Waals surface area contributed by atoms with Crippen molar-refractivity contribution in [3.05, 3.63) is 59.4 Å². The molecule has 1 aliphatic heterocycles. The van der Waals surface area contributed by atoms with Gasteiger partial charge in [-0.3, -0.25) is 14.5 Å². The van der Waals surface area contributed by atoms with Crippen molar-refractivity contribution in [3.63, 3.8) is 0 Å². The summed E-state index contributed by atoms with van der Waals surface area (Å²) in [7, 11) is 0. The van der Waals surface area contributed by atoms with Crippen molar-refractivity contribution < 1.29 is 18.7 Å². The van der Waals surface area contributed by atoms with Crippen LogP contribution in [0.15, 0.2) is 42.5 Å². The molecule has 0 aromatic heterocycles. The SMILES string of the molecule is Cc1cccc(C)c1NC(=O)CN1CCN(C(=O)COc2ccc(F)cc2)CC1. The number of amides is 2. The Morgan fingerprint density at radius 1 is 1.00 bits per heavy atom. The molecule has 3 rings (SSSR count). The summed E-state index contributed by atoms with van der Waals surface area (Å²) in [6.07, 6.45) is 0. The molecule has 1 saturated heterocycles. The summed E-state index contributed by atoms with van der Waals surface area (Å²) in [6.45, 7) is 6.50. The second-order valence-electron chi connectivity index (χ2n) is 7.21. The van der Waals surface area contributed by atoms with Crippen LogP contribution in [0.5, 0.6) is 5.75 Å². The first-order valence-corrected chi connectivity index (χ1v) is 9.67. The van der Waals surface area contributed by atoms with Crippen LogP contribution in [-0.4, -0.2) is 60.9 Å². The maximum Gasteiger partial charge on any atom is 0.260 e. The fourth-order valence-electron chi connectivity index (χ4n) is 3.32. The number of halogens is 1. The smallest absolute Gasteiger partial charge is 0.260 e. The number of rotatable bonds is 6. The number of carbonyl (C=O) groups excluding carboxylic acids is 2. The van der Waals surface area contributed by atoms with Crippen molar-refractivity contribution in [1.82, 2.24) is 9.80 Å².